The summed E-state index contributed by atoms with van der Waals surface area (Å²) in [4.78, 5) is 42.8. The second kappa shape index (κ2) is 7.30. The third-order valence-corrected chi connectivity index (χ3v) is 3.69. The Balaban J connectivity index is 0.000000173. The number of H-pyrrole nitrogens is 2. The average molecular weight is 438 g/mol. The fourth-order valence-corrected chi connectivity index (χ4v) is 2.66. The van der Waals surface area contributed by atoms with Crippen LogP contribution >= 0.6 is 0 Å². The van der Waals surface area contributed by atoms with Gasteiger partial charge >= 0.3 is 0 Å². The van der Waals surface area contributed by atoms with Crippen molar-refractivity contribution in [1.82, 2.24) is 19.9 Å². The quantitative estimate of drug-likeness (QED) is 0.421. The summed E-state index contributed by atoms with van der Waals surface area (Å²) in [5, 5.41) is 0. The summed E-state index contributed by atoms with van der Waals surface area (Å²) in [7, 11) is 7.35. The molecule has 2 aromatic heterocycles. The molecular weight excluding hydrogens is 420 g/mol. The van der Waals surface area contributed by atoms with E-state index in [1.165, 1.54) is 12.7 Å². The SMILES string of the molecule is CN1[CH-]N(C)c2c1nc[nH]c2=O.CN1[CH-]N(C)c2c1nc[nH]c2=O.[Ag]. The van der Waals surface area contributed by atoms with Crippen molar-refractivity contribution in [1.29, 1.82) is 0 Å². The van der Waals surface area contributed by atoms with Gasteiger partial charge in [-0.05, 0) is 28.2 Å². The van der Waals surface area contributed by atoms with E-state index in [0.29, 0.717) is 23.0 Å². The van der Waals surface area contributed by atoms with Crippen molar-refractivity contribution < 1.29 is 22.4 Å². The van der Waals surface area contributed by atoms with E-state index in [2.05, 4.69) is 19.9 Å². The van der Waals surface area contributed by atoms with Crippen molar-refractivity contribution in [3.63, 3.8) is 0 Å². The van der Waals surface area contributed by atoms with Gasteiger partial charge in [-0.2, -0.15) is 13.3 Å². The zero-order valence-corrected chi connectivity index (χ0v) is 15.6. The van der Waals surface area contributed by atoms with Crippen LogP contribution in [0.3, 0.4) is 0 Å². The second-order valence-corrected chi connectivity index (χ2v) is 5.48. The molecular formula is C14H18AgN8O2-2. The van der Waals surface area contributed by atoms with E-state index in [9.17, 15) is 9.59 Å². The summed E-state index contributed by atoms with van der Waals surface area (Å²) in [5.41, 5.74) is 0.978. The predicted octanol–water partition coefficient (Wildman–Crippen LogP) is -0.452. The molecule has 4 heterocycles. The number of aromatic amines is 2. The van der Waals surface area contributed by atoms with Crippen LogP contribution in [0.15, 0.2) is 22.2 Å². The van der Waals surface area contributed by atoms with E-state index in [0.717, 1.165) is 0 Å². The molecule has 2 aromatic rings. The van der Waals surface area contributed by atoms with Gasteiger partial charge in [0, 0.05) is 22.4 Å². The standard InChI is InChI=1S/2C7H9N4O.Ag/c2*1-10-4-11(2)6-5(10)7(12)9-3-8-6;/h2*3-4H,1-2H3,(H,8,9,12);/q2*-1;. The number of nitrogens with zero attached hydrogens (tertiary/aromatic N) is 6. The minimum atomic E-state index is -0.108. The van der Waals surface area contributed by atoms with Crippen LogP contribution in [0.5, 0.6) is 0 Å². The van der Waals surface area contributed by atoms with E-state index in [1.807, 2.05) is 51.3 Å². The summed E-state index contributed by atoms with van der Waals surface area (Å²) in [6.45, 7) is 3.62. The fourth-order valence-electron chi connectivity index (χ4n) is 2.66. The number of nitrogens with one attached hydrogen (secondary N) is 2. The average Bonchev–Trinajstić information content (AvgIpc) is 2.99. The first-order valence-electron chi connectivity index (χ1n) is 7.17. The third-order valence-electron chi connectivity index (χ3n) is 3.69. The fraction of sp³-hybridized carbons (Fsp3) is 0.286. The monoisotopic (exact) mass is 437 g/mol. The molecule has 0 aliphatic carbocycles. The molecule has 0 unspecified atom stereocenters. The molecule has 0 saturated heterocycles. The van der Waals surface area contributed by atoms with Crippen LogP contribution in [0.25, 0.3) is 0 Å². The molecule has 0 saturated carbocycles. The van der Waals surface area contributed by atoms with Gasteiger partial charge in [0.05, 0.1) is 12.7 Å². The first-order valence-corrected chi connectivity index (χ1v) is 7.17. The Morgan fingerprint density at radius 1 is 0.760 bits per heavy atom. The smallest absolute Gasteiger partial charge is 0.273 e. The Bertz CT molecular complexity index is 795. The number of hydrogen-bond acceptors (Lipinski definition) is 8. The Labute approximate surface area is 160 Å². The largest absolute Gasteiger partial charge is 0.498 e. The molecule has 0 atom stereocenters. The molecule has 0 bridgehead atoms. The molecule has 2 aliphatic rings. The molecule has 25 heavy (non-hydrogen) atoms. The summed E-state index contributed by atoms with van der Waals surface area (Å²) < 4.78 is 0. The van der Waals surface area contributed by atoms with Crippen molar-refractivity contribution in [2.24, 2.45) is 0 Å². The third kappa shape index (κ3) is 3.41. The van der Waals surface area contributed by atoms with Crippen molar-refractivity contribution >= 4 is 23.0 Å². The zero-order chi connectivity index (χ0) is 17.4. The first-order chi connectivity index (χ1) is 11.4. The predicted molar refractivity (Wildman–Crippen MR) is 91.9 cm³/mol. The molecule has 0 fully saturated rings. The molecule has 4 rings (SSSR count). The molecule has 1 radical (unpaired) electrons. The first kappa shape index (κ1) is 19.0. The van der Waals surface area contributed by atoms with Gasteiger partial charge in [0.1, 0.15) is 23.0 Å². The van der Waals surface area contributed by atoms with E-state index in [4.69, 9.17) is 0 Å². The van der Waals surface area contributed by atoms with Gasteiger partial charge in [0.15, 0.2) is 0 Å². The second-order valence-electron chi connectivity index (χ2n) is 5.48. The van der Waals surface area contributed by atoms with E-state index < -0.39 is 0 Å². The van der Waals surface area contributed by atoms with Crippen molar-refractivity contribution in [3.05, 3.63) is 46.7 Å². The van der Waals surface area contributed by atoms with Gasteiger partial charge in [0.2, 0.25) is 0 Å². The molecule has 2 N–H and O–H groups in total. The number of hydrogen-bond donors (Lipinski definition) is 2. The van der Waals surface area contributed by atoms with Crippen molar-refractivity contribution in [2.75, 3.05) is 47.8 Å². The maximum atomic E-state index is 11.3. The Kier molecular flexibility index (Phi) is 5.55. The summed E-state index contributed by atoms with van der Waals surface area (Å²) >= 11 is 0. The number of fused-ring (bicyclic) bond motifs is 2. The van der Waals surface area contributed by atoms with Gasteiger partial charge in [-0.15, -0.1) is 0 Å². The molecule has 2 aliphatic heterocycles. The van der Waals surface area contributed by atoms with E-state index >= 15 is 0 Å². The minimum absolute atomic E-state index is 0. The molecule has 11 heteroatoms. The molecule has 10 nitrogen and oxygen atoms in total. The van der Waals surface area contributed by atoms with Gasteiger partial charge in [-0.3, -0.25) is 9.59 Å². The van der Waals surface area contributed by atoms with Crippen LogP contribution in [0.2, 0.25) is 0 Å². The van der Waals surface area contributed by atoms with Gasteiger partial charge in [-0.25, -0.2) is 9.97 Å². The van der Waals surface area contributed by atoms with Crippen LogP contribution in [0.4, 0.5) is 23.0 Å². The molecule has 0 spiro atoms. The summed E-state index contributed by atoms with van der Waals surface area (Å²) in [6.07, 6.45) is 2.81. The molecule has 0 amide bonds. The maximum Gasteiger partial charge on any atom is 0.273 e. The van der Waals surface area contributed by atoms with E-state index in [-0.39, 0.29) is 33.5 Å². The Morgan fingerprint density at radius 3 is 1.44 bits per heavy atom. The number of anilines is 4. The Hall–Kier alpha value is -2.30. The summed E-state index contributed by atoms with van der Waals surface area (Å²) in [5.74, 6) is 1.39. The topological polar surface area (TPSA) is 104 Å². The van der Waals surface area contributed by atoms with Crippen molar-refractivity contribution in [3.8, 4) is 0 Å². The Morgan fingerprint density at radius 2 is 1.12 bits per heavy atom. The van der Waals surface area contributed by atoms with Gasteiger partial charge in [0.25, 0.3) is 11.1 Å². The van der Waals surface area contributed by atoms with Crippen LogP contribution in [-0.2, 0) is 22.4 Å². The van der Waals surface area contributed by atoms with Crippen LogP contribution < -0.4 is 30.7 Å². The maximum absolute atomic E-state index is 11.3. The van der Waals surface area contributed by atoms with Crippen LogP contribution in [0.1, 0.15) is 0 Å². The number of aromatic nitrogens is 4. The summed E-state index contributed by atoms with van der Waals surface area (Å²) in [6, 6.07) is 0. The zero-order valence-electron chi connectivity index (χ0n) is 14.1. The van der Waals surface area contributed by atoms with Crippen LogP contribution in [0, 0.1) is 13.3 Å². The van der Waals surface area contributed by atoms with Crippen molar-refractivity contribution in [2.45, 2.75) is 0 Å². The van der Waals surface area contributed by atoms with Gasteiger partial charge < -0.3 is 29.6 Å². The minimum Gasteiger partial charge on any atom is -0.498 e. The van der Waals surface area contributed by atoms with Crippen LogP contribution in [-0.4, -0.2) is 48.1 Å². The normalized spacial score (nSPS) is 14.6. The van der Waals surface area contributed by atoms with Gasteiger partial charge in [-0.1, -0.05) is 0 Å². The molecule has 0 aromatic carbocycles. The molecule has 139 valence electrons. The van der Waals surface area contributed by atoms with E-state index in [1.54, 1.807) is 9.80 Å². The number of rotatable bonds is 0.